The van der Waals surface area contributed by atoms with Crippen molar-refractivity contribution >= 4 is 5.91 Å². The Bertz CT molecular complexity index is 1330. The van der Waals surface area contributed by atoms with E-state index in [0.29, 0.717) is 18.7 Å². The first-order valence-electron chi connectivity index (χ1n) is 10.7. The quantitative estimate of drug-likeness (QED) is 0.418. The largest absolute Gasteiger partial charge is 0.348 e. The SMILES string of the molecule is O=C(NCc1cn(-c2ccccc2)nc1-c1ccccc1)c1ccc(Cn2cncn2)cc1. The molecular formula is C26H22N6O. The molecule has 2 heterocycles. The molecular weight excluding hydrogens is 412 g/mol. The highest BCUT2D eigenvalue weighted by Crippen LogP contribution is 2.23. The molecule has 0 aliphatic rings. The number of carbonyl (C=O) groups excluding carboxylic acids is 1. The molecule has 0 aliphatic heterocycles. The van der Waals surface area contributed by atoms with Gasteiger partial charge in [-0.25, -0.2) is 14.3 Å². The summed E-state index contributed by atoms with van der Waals surface area (Å²) in [5.41, 5.74) is 5.43. The lowest BCUT2D eigenvalue weighted by Crippen LogP contribution is -2.22. The van der Waals surface area contributed by atoms with E-state index in [1.54, 1.807) is 11.0 Å². The fourth-order valence-electron chi connectivity index (χ4n) is 3.63. The molecule has 1 amide bonds. The lowest BCUT2D eigenvalue weighted by atomic mass is 10.1. The van der Waals surface area contributed by atoms with Crippen LogP contribution in [0.15, 0.2) is 104 Å². The lowest BCUT2D eigenvalue weighted by molar-refractivity contribution is 0.0951. The molecule has 5 rings (SSSR count). The average molecular weight is 435 g/mol. The van der Waals surface area contributed by atoms with E-state index in [-0.39, 0.29) is 5.91 Å². The summed E-state index contributed by atoms with van der Waals surface area (Å²) in [7, 11) is 0. The van der Waals surface area contributed by atoms with Gasteiger partial charge in [0.25, 0.3) is 5.91 Å². The summed E-state index contributed by atoms with van der Waals surface area (Å²) in [6, 6.07) is 27.5. The summed E-state index contributed by atoms with van der Waals surface area (Å²) in [5, 5.41) is 11.9. The van der Waals surface area contributed by atoms with Crippen LogP contribution in [0.1, 0.15) is 21.5 Å². The molecule has 7 nitrogen and oxygen atoms in total. The van der Waals surface area contributed by atoms with Gasteiger partial charge in [0, 0.05) is 29.4 Å². The zero-order valence-electron chi connectivity index (χ0n) is 17.9. The van der Waals surface area contributed by atoms with E-state index in [9.17, 15) is 4.79 Å². The summed E-state index contributed by atoms with van der Waals surface area (Å²) in [4.78, 5) is 16.8. The highest BCUT2D eigenvalue weighted by atomic mass is 16.1. The van der Waals surface area contributed by atoms with Crippen molar-refractivity contribution in [3.63, 3.8) is 0 Å². The minimum Gasteiger partial charge on any atom is -0.348 e. The van der Waals surface area contributed by atoms with Crippen molar-refractivity contribution in [2.45, 2.75) is 13.1 Å². The van der Waals surface area contributed by atoms with Crippen LogP contribution < -0.4 is 5.32 Å². The molecule has 0 radical (unpaired) electrons. The smallest absolute Gasteiger partial charge is 0.251 e. The summed E-state index contributed by atoms with van der Waals surface area (Å²) in [5.74, 6) is -0.131. The predicted molar refractivity (Wildman–Crippen MR) is 126 cm³/mol. The van der Waals surface area contributed by atoms with Crippen molar-refractivity contribution in [3.05, 3.63) is 120 Å². The van der Waals surface area contributed by atoms with Crippen LogP contribution in [-0.4, -0.2) is 30.5 Å². The van der Waals surface area contributed by atoms with Crippen LogP contribution in [0, 0.1) is 0 Å². The van der Waals surface area contributed by atoms with Gasteiger partial charge in [0.05, 0.1) is 17.9 Å². The van der Waals surface area contributed by atoms with E-state index < -0.39 is 0 Å². The molecule has 0 atom stereocenters. The molecule has 5 aromatic rings. The van der Waals surface area contributed by atoms with Crippen molar-refractivity contribution < 1.29 is 4.79 Å². The third-order valence-corrected chi connectivity index (χ3v) is 5.32. The number of hydrogen-bond donors (Lipinski definition) is 1. The Balaban J connectivity index is 1.33. The monoisotopic (exact) mass is 434 g/mol. The molecule has 7 heteroatoms. The van der Waals surface area contributed by atoms with Crippen molar-refractivity contribution in [2.24, 2.45) is 0 Å². The molecule has 0 spiro atoms. The number of nitrogens with one attached hydrogen (secondary N) is 1. The Morgan fingerprint density at radius 3 is 2.30 bits per heavy atom. The number of rotatable bonds is 7. The Kier molecular flexibility index (Phi) is 5.75. The molecule has 1 N–H and O–H groups in total. The third-order valence-electron chi connectivity index (χ3n) is 5.32. The fourth-order valence-corrected chi connectivity index (χ4v) is 3.63. The fraction of sp³-hybridized carbons (Fsp3) is 0.0769. The Labute approximate surface area is 191 Å². The Morgan fingerprint density at radius 2 is 1.61 bits per heavy atom. The van der Waals surface area contributed by atoms with Crippen molar-refractivity contribution in [1.29, 1.82) is 0 Å². The first-order chi connectivity index (χ1) is 16.3. The summed E-state index contributed by atoms with van der Waals surface area (Å²) < 4.78 is 3.59. The number of carbonyl (C=O) groups is 1. The van der Waals surface area contributed by atoms with Crippen molar-refractivity contribution in [2.75, 3.05) is 0 Å². The van der Waals surface area contributed by atoms with Gasteiger partial charge in [-0.1, -0.05) is 60.7 Å². The Hall–Kier alpha value is -4.52. The van der Waals surface area contributed by atoms with Crippen LogP contribution in [0.5, 0.6) is 0 Å². The maximum absolute atomic E-state index is 12.8. The average Bonchev–Trinajstić information content (AvgIpc) is 3.54. The van der Waals surface area contributed by atoms with Gasteiger partial charge in [-0.2, -0.15) is 10.2 Å². The van der Waals surface area contributed by atoms with Gasteiger partial charge in [0.2, 0.25) is 0 Å². The zero-order chi connectivity index (χ0) is 22.5. The first kappa shape index (κ1) is 20.4. The van der Waals surface area contributed by atoms with Gasteiger partial charge in [0.15, 0.2) is 0 Å². The molecule has 0 bridgehead atoms. The predicted octanol–water partition coefficient (Wildman–Crippen LogP) is 4.11. The van der Waals surface area contributed by atoms with Gasteiger partial charge in [-0.15, -0.1) is 0 Å². The van der Waals surface area contributed by atoms with E-state index in [1.165, 1.54) is 6.33 Å². The van der Waals surface area contributed by atoms with E-state index in [2.05, 4.69) is 15.4 Å². The van der Waals surface area contributed by atoms with E-state index in [4.69, 9.17) is 5.10 Å². The normalized spacial score (nSPS) is 10.8. The number of nitrogens with zero attached hydrogens (tertiary/aromatic N) is 5. The molecule has 0 unspecified atom stereocenters. The van der Waals surface area contributed by atoms with Crippen LogP contribution >= 0.6 is 0 Å². The molecule has 162 valence electrons. The van der Waals surface area contributed by atoms with Crippen LogP contribution in [0.3, 0.4) is 0 Å². The van der Waals surface area contributed by atoms with Crippen LogP contribution in [0.25, 0.3) is 16.9 Å². The van der Waals surface area contributed by atoms with Crippen LogP contribution in [-0.2, 0) is 13.1 Å². The number of hydrogen-bond acceptors (Lipinski definition) is 4. The van der Waals surface area contributed by atoms with Crippen molar-refractivity contribution in [3.8, 4) is 16.9 Å². The molecule has 0 saturated carbocycles. The topological polar surface area (TPSA) is 77.6 Å². The summed E-state index contributed by atoms with van der Waals surface area (Å²) in [6.07, 6.45) is 5.14. The first-order valence-corrected chi connectivity index (χ1v) is 10.7. The standard InChI is InChI=1S/C26H22N6O/c33-26(22-13-11-20(12-14-22)16-31-19-27-18-29-31)28-15-23-17-32(24-9-5-2-6-10-24)30-25(23)21-7-3-1-4-8-21/h1-14,17-19H,15-16H2,(H,28,33). The molecule has 2 aromatic heterocycles. The zero-order valence-corrected chi connectivity index (χ0v) is 17.9. The minimum atomic E-state index is -0.131. The number of amides is 1. The summed E-state index contributed by atoms with van der Waals surface area (Å²) in [6.45, 7) is 0.984. The van der Waals surface area contributed by atoms with Gasteiger partial charge in [0.1, 0.15) is 12.7 Å². The Morgan fingerprint density at radius 1 is 0.879 bits per heavy atom. The second kappa shape index (κ2) is 9.32. The molecule has 0 aliphatic carbocycles. The number of aromatic nitrogens is 5. The molecule has 33 heavy (non-hydrogen) atoms. The minimum absolute atomic E-state index is 0.131. The second-order valence-electron chi connectivity index (χ2n) is 7.62. The van der Waals surface area contributed by atoms with Gasteiger partial charge < -0.3 is 5.32 Å². The van der Waals surface area contributed by atoms with E-state index in [1.807, 2.05) is 95.8 Å². The van der Waals surface area contributed by atoms with Gasteiger partial charge in [-0.05, 0) is 29.8 Å². The maximum Gasteiger partial charge on any atom is 0.251 e. The van der Waals surface area contributed by atoms with E-state index in [0.717, 1.165) is 28.1 Å². The molecule has 3 aromatic carbocycles. The third kappa shape index (κ3) is 4.72. The second-order valence-corrected chi connectivity index (χ2v) is 7.62. The maximum atomic E-state index is 12.8. The lowest BCUT2D eigenvalue weighted by Gasteiger charge is -2.07. The summed E-state index contributed by atoms with van der Waals surface area (Å²) >= 11 is 0. The highest BCUT2D eigenvalue weighted by molar-refractivity contribution is 5.94. The van der Waals surface area contributed by atoms with Crippen molar-refractivity contribution in [1.82, 2.24) is 29.9 Å². The molecule has 0 fully saturated rings. The van der Waals surface area contributed by atoms with Gasteiger partial charge in [-0.3, -0.25) is 4.79 Å². The molecule has 0 saturated heterocycles. The number of para-hydroxylation sites is 1. The number of benzene rings is 3. The van der Waals surface area contributed by atoms with Crippen LogP contribution in [0.2, 0.25) is 0 Å². The van der Waals surface area contributed by atoms with Crippen LogP contribution in [0.4, 0.5) is 0 Å². The van der Waals surface area contributed by atoms with E-state index >= 15 is 0 Å². The van der Waals surface area contributed by atoms with Gasteiger partial charge >= 0.3 is 0 Å². The highest BCUT2D eigenvalue weighted by Gasteiger charge is 2.14.